The first-order chi connectivity index (χ1) is 11.0. The molecule has 3 N–H and O–H groups in total. The van der Waals surface area contributed by atoms with E-state index in [1.54, 1.807) is 18.2 Å². The van der Waals surface area contributed by atoms with Gasteiger partial charge in [-0.1, -0.05) is 17.7 Å². The van der Waals surface area contributed by atoms with E-state index in [-0.39, 0.29) is 24.5 Å². The third-order valence-electron chi connectivity index (χ3n) is 2.81. The molecule has 1 amide bonds. The van der Waals surface area contributed by atoms with Crippen molar-refractivity contribution in [3.8, 4) is 0 Å². The maximum atomic E-state index is 14.1. The van der Waals surface area contributed by atoms with Crippen LogP contribution in [-0.4, -0.2) is 24.2 Å². The topological polar surface area (TPSA) is 70.6 Å². The average molecular weight is 451 g/mol. The molecule has 0 aliphatic carbocycles. The Bertz CT molecular complexity index is 715. The number of halogens is 3. The van der Waals surface area contributed by atoms with E-state index < -0.39 is 11.7 Å². The third-order valence-corrected chi connectivity index (χ3v) is 3.79. The van der Waals surface area contributed by atoms with Crippen molar-refractivity contribution in [2.75, 3.05) is 18.5 Å². The Labute approximate surface area is 150 Å². The van der Waals surface area contributed by atoms with Gasteiger partial charge in [0.25, 0.3) is 5.91 Å². The normalized spacial score (nSPS) is 10.4. The maximum absolute atomic E-state index is 14.1. The summed E-state index contributed by atoms with van der Waals surface area (Å²) in [6, 6.07) is 9.31. The molecule has 122 valence electrons. The Morgan fingerprint density at radius 1 is 1.35 bits per heavy atom. The molecule has 8 heteroatoms. The predicted octanol–water partition coefficient (Wildman–Crippen LogP) is 3.48. The first-order valence-corrected chi connectivity index (χ1v) is 8.02. The monoisotopic (exact) mass is 450 g/mol. The van der Waals surface area contributed by atoms with Gasteiger partial charge in [0.1, 0.15) is 5.82 Å². The van der Waals surface area contributed by atoms with Gasteiger partial charge in [0, 0.05) is 3.57 Å². The lowest BCUT2D eigenvalue weighted by Crippen LogP contribution is -2.26. The molecule has 2 aromatic carbocycles. The maximum Gasteiger partial charge on any atom is 0.277 e. The molecule has 2 aromatic rings. The SMILES string of the molecule is O=C(NOCCO)c1cccc(F)c1Nc1ccc(I)cc1Cl. The van der Waals surface area contributed by atoms with E-state index in [9.17, 15) is 9.18 Å². The van der Waals surface area contributed by atoms with E-state index in [0.29, 0.717) is 10.7 Å². The molecule has 0 unspecified atom stereocenters. The molecule has 2 rings (SSSR count). The molecule has 5 nitrogen and oxygen atoms in total. The average Bonchev–Trinajstić information content (AvgIpc) is 2.51. The third kappa shape index (κ3) is 4.77. The predicted molar refractivity (Wildman–Crippen MR) is 94.4 cm³/mol. The van der Waals surface area contributed by atoms with E-state index in [4.69, 9.17) is 21.5 Å². The number of aliphatic hydroxyl groups is 1. The van der Waals surface area contributed by atoms with Crippen LogP contribution in [-0.2, 0) is 4.84 Å². The van der Waals surface area contributed by atoms with Crippen LogP contribution in [0.5, 0.6) is 0 Å². The number of amides is 1. The second kappa shape index (κ2) is 8.44. The van der Waals surface area contributed by atoms with Crippen LogP contribution in [0, 0.1) is 9.39 Å². The molecule has 0 spiro atoms. The molecule has 0 fully saturated rings. The largest absolute Gasteiger partial charge is 0.394 e. The minimum atomic E-state index is -0.637. The summed E-state index contributed by atoms with van der Waals surface area (Å²) >= 11 is 8.23. The highest BCUT2D eigenvalue weighted by molar-refractivity contribution is 14.1. The Balaban J connectivity index is 2.28. The van der Waals surface area contributed by atoms with E-state index in [0.717, 1.165) is 3.57 Å². The van der Waals surface area contributed by atoms with Crippen LogP contribution >= 0.6 is 34.2 Å². The number of nitrogens with one attached hydrogen (secondary N) is 2. The second-order valence-electron chi connectivity index (χ2n) is 4.41. The van der Waals surface area contributed by atoms with E-state index in [1.165, 1.54) is 18.2 Å². The molecule has 0 aliphatic rings. The molecule has 0 radical (unpaired) electrons. The number of hydroxylamine groups is 1. The minimum Gasteiger partial charge on any atom is -0.394 e. The molecule has 0 atom stereocenters. The van der Waals surface area contributed by atoms with Crippen molar-refractivity contribution in [1.82, 2.24) is 5.48 Å². The van der Waals surface area contributed by atoms with Crippen molar-refractivity contribution in [2.45, 2.75) is 0 Å². The molecular formula is C15H13ClFIN2O3. The van der Waals surface area contributed by atoms with Gasteiger partial charge in [0.05, 0.1) is 35.2 Å². The fourth-order valence-electron chi connectivity index (χ4n) is 1.78. The summed E-state index contributed by atoms with van der Waals surface area (Å²) < 4.78 is 15.1. The van der Waals surface area contributed by atoms with Gasteiger partial charge in [-0.05, 0) is 52.9 Å². The Kier molecular flexibility index (Phi) is 6.58. The lowest BCUT2D eigenvalue weighted by atomic mass is 10.1. The van der Waals surface area contributed by atoms with Gasteiger partial charge in [-0.25, -0.2) is 9.87 Å². The van der Waals surface area contributed by atoms with Crippen LogP contribution in [0.4, 0.5) is 15.8 Å². The molecule has 0 bridgehead atoms. The van der Waals surface area contributed by atoms with Crippen LogP contribution < -0.4 is 10.8 Å². The van der Waals surface area contributed by atoms with Gasteiger partial charge in [0.2, 0.25) is 0 Å². The number of hydrogen-bond donors (Lipinski definition) is 3. The second-order valence-corrected chi connectivity index (χ2v) is 6.07. The standard InChI is InChI=1S/C15H13ClFIN2O3/c16-11-8-9(18)4-5-13(11)19-14-10(2-1-3-12(14)17)15(22)20-23-7-6-21/h1-5,8,19,21H,6-7H2,(H,20,22). The fraction of sp³-hybridized carbons (Fsp3) is 0.133. The molecular weight excluding hydrogens is 438 g/mol. The number of para-hydroxylation sites is 1. The number of anilines is 2. The smallest absolute Gasteiger partial charge is 0.277 e. The number of carbonyl (C=O) groups excluding carboxylic acids is 1. The number of rotatable bonds is 6. The Morgan fingerprint density at radius 2 is 2.13 bits per heavy atom. The zero-order chi connectivity index (χ0) is 16.8. The summed E-state index contributed by atoms with van der Waals surface area (Å²) in [5, 5.41) is 11.9. The van der Waals surface area contributed by atoms with Crippen molar-refractivity contribution >= 4 is 51.5 Å². The molecule has 0 aromatic heterocycles. The summed E-state index contributed by atoms with van der Waals surface area (Å²) in [7, 11) is 0. The van der Waals surface area contributed by atoms with Crippen molar-refractivity contribution in [3.63, 3.8) is 0 Å². The highest BCUT2D eigenvalue weighted by Crippen LogP contribution is 2.30. The zero-order valence-electron chi connectivity index (χ0n) is 11.8. The molecule has 0 aliphatic heterocycles. The first kappa shape index (κ1) is 17.9. The summed E-state index contributed by atoms with van der Waals surface area (Å²) in [6.45, 7) is -0.306. The minimum absolute atomic E-state index is 0.0132. The summed E-state index contributed by atoms with van der Waals surface area (Å²) in [6.07, 6.45) is 0. The number of hydrogen-bond acceptors (Lipinski definition) is 4. The lowest BCUT2D eigenvalue weighted by Gasteiger charge is -2.14. The fourth-order valence-corrected chi connectivity index (χ4v) is 2.69. The van der Waals surface area contributed by atoms with Crippen LogP contribution in [0.3, 0.4) is 0 Å². The van der Waals surface area contributed by atoms with E-state index in [1.807, 2.05) is 0 Å². The van der Waals surface area contributed by atoms with Gasteiger partial charge in [0.15, 0.2) is 0 Å². The number of carbonyl (C=O) groups is 1. The van der Waals surface area contributed by atoms with Crippen LogP contribution in [0.15, 0.2) is 36.4 Å². The van der Waals surface area contributed by atoms with Crippen LogP contribution in [0.1, 0.15) is 10.4 Å². The van der Waals surface area contributed by atoms with Crippen LogP contribution in [0.2, 0.25) is 5.02 Å². The van der Waals surface area contributed by atoms with Gasteiger partial charge in [-0.2, -0.15) is 0 Å². The number of aliphatic hydroxyl groups excluding tert-OH is 1. The summed E-state index contributed by atoms with van der Waals surface area (Å²) in [4.78, 5) is 16.8. The Hall–Kier alpha value is -1.42. The lowest BCUT2D eigenvalue weighted by molar-refractivity contribution is 0.0168. The van der Waals surface area contributed by atoms with Gasteiger partial charge in [-0.15, -0.1) is 0 Å². The summed E-state index contributed by atoms with van der Waals surface area (Å²) in [5.74, 6) is -1.24. The first-order valence-electron chi connectivity index (χ1n) is 6.56. The van der Waals surface area contributed by atoms with Crippen molar-refractivity contribution in [3.05, 3.63) is 56.4 Å². The molecule has 0 saturated heterocycles. The summed E-state index contributed by atoms with van der Waals surface area (Å²) in [5.41, 5.74) is 2.65. The van der Waals surface area contributed by atoms with Crippen molar-refractivity contribution < 1.29 is 19.1 Å². The quantitative estimate of drug-likeness (QED) is 0.358. The highest BCUT2D eigenvalue weighted by Gasteiger charge is 2.16. The number of benzene rings is 2. The van der Waals surface area contributed by atoms with E-state index >= 15 is 0 Å². The Morgan fingerprint density at radius 3 is 2.83 bits per heavy atom. The van der Waals surface area contributed by atoms with Crippen LogP contribution in [0.25, 0.3) is 0 Å². The highest BCUT2D eigenvalue weighted by atomic mass is 127. The van der Waals surface area contributed by atoms with Crippen molar-refractivity contribution in [2.24, 2.45) is 0 Å². The van der Waals surface area contributed by atoms with E-state index in [2.05, 4.69) is 33.4 Å². The van der Waals surface area contributed by atoms with Gasteiger partial charge >= 0.3 is 0 Å². The zero-order valence-corrected chi connectivity index (χ0v) is 14.7. The molecule has 0 heterocycles. The van der Waals surface area contributed by atoms with Crippen molar-refractivity contribution in [1.29, 1.82) is 0 Å². The van der Waals surface area contributed by atoms with Gasteiger partial charge in [-0.3, -0.25) is 9.63 Å². The molecule has 0 saturated carbocycles. The molecule has 23 heavy (non-hydrogen) atoms. The van der Waals surface area contributed by atoms with Gasteiger partial charge < -0.3 is 10.4 Å².